The van der Waals surface area contributed by atoms with Crippen molar-refractivity contribution >= 4 is 23.8 Å². The van der Waals surface area contributed by atoms with Crippen molar-refractivity contribution in [1.82, 2.24) is 14.7 Å². The van der Waals surface area contributed by atoms with Crippen molar-refractivity contribution in [3.8, 4) is 11.1 Å². The minimum Gasteiger partial charge on any atom is -0.481 e. The van der Waals surface area contributed by atoms with Crippen molar-refractivity contribution in [2.24, 2.45) is 7.05 Å². The molecule has 9 nitrogen and oxygen atoms in total. The van der Waals surface area contributed by atoms with Crippen LogP contribution in [0, 0.1) is 0 Å². The van der Waals surface area contributed by atoms with Gasteiger partial charge >= 0.3 is 12.1 Å². The topological polar surface area (TPSA) is 114 Å². The van der Waals surface area contributed by atoms with Crippen LogP contribution in [-0.2, 0) is 16.6 Å². The number of aliphatic carboxylic acids is 1. The molecule has 35 heavy (non-hydrogen) atoms. The summed E-state index contributed by atoms with van der Waals surface area (Å²) in [5.41, 5.74) is 4.71. The molecule has 3 aromatic rings. The van der Waals surface area contributed by atoms with Gasteiger partial charge in [0.15, 0.2) is 5.82 Å². The number of amides is 2. The quantitative estimate of drug-likeness (QED) is 0.481. The minimum atomic E-state index is -0.910. The molecule has 9 heteroatoms. The highest BCUT2D eigenvalue weighted by Gasteiger charge is 2.29. The highest BCUT2D eigenvalue weighted by Crippen LogP contribution is 2.44. The summed E-state index contributed by atoms with van der Waals surface area (Å²) in [5.74, 6) is -1.22. The number of carbonyl (C=O) groups excluding carboxylic acids is 2. The standard InChI is InChI=1S/C26H28N4O5/c1-3-30(14-8-13-23(31)32)25(33)21-15-29(2)28-24(21)27-26(34)35-16-22-19-11-6-4-9-17(19)18-10-5-7-12-20(18)22/h4-7,9-12,15,22H,3,8,13-14,16H2,1-2H3,(H,31,32)(H,27,28,34). The van der Waals surface area contributed by atoms with Crippen LogP contribution in [-0.4, -0.2) is 57.5 Å². The largest absolute Gasteiger partial charge is 0.481 e. The van der Waals surface area contributed by atoms with E-state index in [0.29, 0.717) is 19.5 Å². The van der Waals surface area contributed by atoms with Gasteiger partial charge in [0.25, 0.3) is 5.91 Å². The lowest BCUT2D eigenvalue weighted by Gasteiger charge is -2.20. The fourth-order valence-corrected chi connectivity index (χ4v) is 4.46. The molecule has 2 N–H and O–H groups in total. The Kier molecular flexibility index (Phi) is 7.14. The molecule has 2 amide bonds. The number of fused-ring (bicyclic) bond motifs is 3. The molecule has 1 heterocycles. The first-order valence-electron chi connectivity index (χ1n) is 11.6. The number of benzene rings is 2. The summed E-state index contributed by atoms with van der Waals surface area (Å²) >= 11 is 0. The third-order valence-electron chi connectivity index (χ3n) is 6.11. The van der Waals surface area contributed by atoms with Gasteiger partial charge in [-0.1, -0.05) is 48.5 Å². The van der Waals surface area contributed by atoms with Gasteiger partial charge < -0.3 is 14.7 Å². The van der Waals surface area contributed by atoms with Crippen LogP contribution in [0.1, 0.15) is 47.2 Å². The third-order valence-corrected chi connectivity index (χ3v) is 6.11. The average Bonchev–Trinajstić information content (AvgIpc) is 3.37. The summed E-state index contributed by atoms with van der Waals surface area (Å²) in [6, 6.07) is 16.1. The van der Waals surface area contributed by atoms with E-state index in [1.54, 1.807) is 7.05 Å². The first kappa shape index (κ1) is 24.0. The van der Waals surface area contributed by atoms with Crippen molar-refractivity contribution in [1.29, 1.82) is 0 Å². The summed E-state index contributed by atoms with van der Waals surface area (Å²) in [7, 11) is 1.65. The van der Waals surface area contributed by atoms with Crippen LogP contribution in [0.2, 0.25) is 0 Å². The molecule has 0 saturated heterocycles. The second-order valence-corrected chi connectivity index (χ2v) is 8.40. The lowest BCUT2D eigenvalue weighted by Crippen LogP contribution is -2.32. The number of rotatable bonds is 9. The maximum Gasteiger partial charge on any atom is 0.412 e. The Labute approximate surface area is 203 Å². The van der Waals surface area contributed by atoms with Gasteiger partial charge in [0.1, 0.15) is 12.2 Å². The number of nitrogens with zero attached hydrogens (tertiary/aromatic N) is 3. The summed E-state index contributed by atoms with van der Waals surface area (Å²) < 4.78 is 7.02. The van der Waals surface area contributed by atoms with Crippen LogP contribution in [0.5, 0.6) is 0 Å². The number of carbonyl (C=O) groups is 3. The van der Waals surface area contributed by atoms with E-state index >= 15 is 0 Å². The maximum atomic E-state index is 13.0. The normalized spacial score (nSPS) is 12.1. The van der Waals surface area contributed by atoms with Gasteiger partial charge in [-0.2, -0.15) is 5.10 Å². The Bertz CT molecular complexity index is 1210. The molecular formula is C26H28N4O5. The fourth-order valence-electron chi connectivity index (χ4n) is 4.46. The third kappa shape index (κ3) is 5.18. The summed E-state index contributed by atoms with van der Waals surface area (Å²) in [4.78, 5) is 38.1. The molecular weight excluding hydrogens is 448 g/mol. The Morgan fingerprint density at radius 2 is 1.71 bits per heavy atom. The van der Waals surface area contributed by atoms with E-state index in [2.05, 4.69) is 22.5 Å². The summed E-state index contributed by atoms with van der Waals surface area (Å²) in [5, 5.41) is 15.7. The second kappa shape index (κ2) is 10.4. The number of carboxylic acids is 1. The molecule has 0 aliphatic heterocycles. The number of hydrogen-bond acceptors (Lipinski definition) is 5. The van der Waals surface area contributed by atoms with Crippen LogP contribution in [0.25, 0.3) is 11.1 Å². The maximum absolute atomic E-state index is 13.0. The van der Waals surface area contributed by atoms with Crippen LogP contribution in [0.4, 0.5) is 10.6 Å². The van der Waals surface area contributed by atoms with Crippen molar-refractivity contribution in [3.05, 3.63) is 71.4 Å². The molecule has 0 saturated carbocycles. The summed E-state index contributed by atoms with van der Waals surface area (Å²) in [6.45, 7) is 2.65. The smallest absolute Gasteiger partial charge is 0.412 e. The average molecular weight is 477 g/mol. The van der Waals surface area contributed by atoms with Crippen LogP contribution >= 0.6 is 0 Å². The van der Waals surface area contributed by atoms with Crippen molar-refractivity contribution < 1.29 is 24.2 Å². The minimum absolute atomic E-state index is 0.0261. The molecule has 0 spiro atoms. The fraction of sp³-hybridized carbons (Fsp3) is 0.308. The molecule has 182 valence electrons. The number of nitrogens with one attached hydrogen (secondary N) is 1. The molecule has 0 radical (unpaired) electrons. The van der Waals surface area contributed by atoms with Gasteiger partial charge in [-0.3, -0.25) is 19.6 Å². The Morgan fingerprint density at radius 1 is 1.09 bits per heavy atom. The second-order valence-electron chi connectivity index (χ2n) is 8.40. The van der Waals surface area contributed by atoms with Gasteiger partial charge in [-0.05, 0) is 35.6 Å². The molecule has 2 aromatic carbocycles. The lowest BCUT2D eigenvalue weighted by atomic mass is 9.98. The van der Waals surface area contributed by atoms with Crippen molar-refractivity contribution in [3.63, 3.8) is 0 Å². The van der Waals surface area contributed by atoms with E-state index in [-0.39, 0.29) is 36.2 Å². The summed E-state index contributed by atoms with van der Waals surface area (Å²) in [6.07, 6.45) is 1.14. The van der Waals surface area contributed by atoms with E-state index in [1.165, 1.54) is 15.8 Å². The van der Waals surface area contributed by atoms with Crippen LogP contribution in [0.3, 0.4) is 0 Å². The van der Waals surface area contributed by atoms with Gasteiger partial charge in [-0.15, -0.1) is 0 Å². The number of anilines is 1. The van der Waals surface area contributed by atoms with E-state index < -0.39 is 12.1 Å². The van der Waals surface area contributed by atoms with Gasteiger partial charge in [0.05, 0.1) is 0 Å². The van der Waals surface area contributed by atoms with Gasteiger partial charge in [0.2, 0.25) is 0 Å². The predicted molar refractivity (Wildman–Crippen MR) is 130 cm³/mol. The van der Waals surface area contributed by atoms with Crippen molar-refractivity contribution in [2.45, 2.75) is 25.7 Å². The zero-order valence-corrected chi connectivity index (χ0v) is 19.7. The van der Waals surface area contributed by atoms with Crippen LogP contribution < -0.4 is 5.32 Å². The highest BCUT2D eigenvalue weighted by atomic mass is 16.5. The molecule has 1 aromatic heterocycles. The van der Waals surface area contributed by atoms with E-state index in [9.17, 15) is 14.4 Å². The first-order chi connectivity index (χ1) is 16.9. The Balaban J connectivity index is 1.43. The number of ether oxygens (including phenoxy) is 1. The molecule has 0 unspecified atom stereocenters. The molecule has 4 rings (SSSR count). The number of aromatic nitrogens is 2. The number of carboxylic acid groups (broad SMARTS) is 1. The van der Waals surface area contributed by atoms with Crippen molar-refractivity contribution in [2.75, 3.05) is 25.0 Å². The zero-order valence-electron chi connectivity index (χ0n) is 19.7. The van der Waals surface area contributed by atoms with Gasteiger partial charge in [0, 0.05) is 38.7 Å². The SMILES string of the molecule is CCN(CCCC(=O)O)C(=O)c1cn(C)nc1NC(=O)OCC1c2ccccc2-c2ccccc21. The number of hydrogen-bond donors (Lipinski definition) is 2. The van der Waals surface area contributed by atoms with E-state index in [0.717, 1.165) is 22.3 Å². The van der Waals surface area contributed by atoms with E-state index in [4.69, 9.17) is 9.84 Å². The highest BCUT2D eigenvalue weighted by molar-refractivity contribution is 6.01. The molecule has 1 aliphatic rings. The molecule has 1 aliphatic carbocycles. The first-order valence-corrected chi connectivity index (χ1v) is 11.6. The molecule has 0 atom stereocenters. The lowest BCUT2D eigenvalue weighted by molar-refractivity contribution is -0.137. The van der Waals surface area contributed by atoms with Crippen LogP contribution in [0.15, 0.2) is 54.7 Å². The van der Waals surface area contributed by atoms with Gasteiger partial charge in [-0.25, -0.2) is 4.79 Å². The Morgan fingerprint density at radius 3 is 2.31 bits per heavy atom. The monoisotopic (exact) mass is 476 g/mol. The number of aryl methyl sites for hydroxylation is 1. The predicted octanol–water partition coefficient (Wildman–Crippen LogP) is 4.11. The Hall–Kier alpha value is -4.14. The molecule has 0 bridgehead atoms. The molecule has 0 fully saturated rings. The zero-order chi connectivity index (χ0) is 24.9. The van der Waals surface area contributed by atoms with E-state index in [1.807, 2.05) is 43.3 Å².